The molecule has 0 aromatic carbocycles. The molecule has 54 valence electrons. The van der Waals surface area contributed by atoms with E-state index < -0.39 is 12.3 Å². The van der Waals surface area contributed by atoms with Gasteiger partial charge in [-0.05, 0) is 0 Å². The Kier molecular flexibility index (Phi) is 38.5. The second kappa shape index (κ2) is 17.0. The van der Waals surface area contributed by atoms with Crippen LogP contribution in [0.4, 0.5) is 9.59 Å². The van der Waals surface area contributed by atoms with Crippen molar-refractivity contribution in [2.75, 3.05) is 0 Å². The third-order valence-electron chi connectivity index (χ3n) is 0. The first kappa shape index (κ1) is 22.6. The predicted molar refractivity (Wildman–Crippen MR) is 37.0 cm³/mol. The van der Waals surface area contributed by atoms with Crippen LogP contribution in [0, 0.1) is 0 Å². The Bertz CT molecular complexity index is 73.7. The zero-order valence-corrected chi connectivity index (χ0v) is 3.61. The van der Waals surface area contributed by atoms with Crippen molar-refractivity contribution in [1.29, 1.82) is 0 Å². The summed E-state index contributed by atoms with van der Waals surface area (Å²) in [5.41, 5.74) is 0. The SMILES string of the molecule is O=C(O)O.O=C(O)O.[BaH2].[KH]. The molecule has 0 spiro atoms. The monoisotopic (exact) mass is 304 g/mol. The van der Waals surface area contributed by atoms with Gasteiger partial charge in [0.05, 0.1) is 0 Å². The number of carbonyl (C=O) groups is 2. The molecule has 0 aromatic heterocycles. The van der Waals surface area contributed by atoms with E-state index in [-0.39, 0.29) is 100 Å². The van der Waals surface area contributed by atoms with Crippen molar-refractivity contribution in [3.63, 3.8) is 0 Å². The summed E-state index contributed by atoms with van der Waals surface area (Å²) in [6.45, 7) is 0. The van der Waals surface area contributed by atoms with E-state index >= 15 is 0 Å². The molecule has 0 saturated heterocycles. The van der Waals surface area contributed by atoms with E-state index in [1.165, 1.54) is 0 Å². The minimum absolute atomic E-state index is 0. The quantitative estimate of drug-likeness (QED) is 0.421. The molecule has 0 unspecified atom stereocenters. The third-order valence-corrected chi connectivity index (χ3v) is 0. The second-order valence-electron chi connectivity index (χ2n) is 0.565. The molecular formula is C2H7BaKO6. The van der Waals surface area contributed by atoms with Gasteiger partial charge in [0.15, 0.2) is 0 Å². The molecule has 0 atom stereocenters. The molecule has 0 fully saturated rings. The van der Waals surface area contributed by atoms with E-state index in [2.05, 4.69) is 0 Å². The molecule has 10 heavy (non-hydrogen) atoms. The Morgan fingerprint density at radius 1 is 0.800 bits per heavy atom. The van der Waals surface area contributed by atoms with Crippen LogP contribution in [-0.2, 0) is 0 Å². The molecule has 8 heteroatoms. The van der Waals surface area contributed by atoms with E-state index in [0.717, 1.165) is 0 Å². The van der Waals surface area contributed by atoms with Crippen molar-refractivity contribution >= 4 is 113 Å². The van der Waals surface area contributed by atoms with Crippen LogP contribution in [0.25, 0.3) is 0 Å². The average Bonchev–Trinajstić information content (AvgIpc) is 1.25. The fourth-order valence-corrected chi connectivity index (χ4v) is 0. The molecule has 0 amide bonds. The Morgan fingerprint density at radius 2 is 0.800 bits per heavy atom. The van der Waals surface area contributed by atoms with Crippen LogP contribution in [0.1, 0.15) is 0 Å². The van der Waals surface area contributed by atoms with E-state index in [1.54, 1.807) is 0 Å². The Morgan fingerprint density at radius 3 is 0.800 bits per heavy atom. The fraction of sp³-hybridized carbons (Fsp3) is 0. The second-order valence-corrected chi connectivity index (χ2v) is 0.565. The van der Waals surface area contributed by atoms with Crippen LogP contribution in [0.5, 0.6) is 0 Å². The van der Waals surface area contributed by atoms with Gasteiger partial charge in [0.1, 0.15) is 0 Å². The molecule has 0 rings (SSSR count). The molecule has 0 aromatic rings. The minimum atomic E-state index is -1.83. The normalized spacial score (nSPS) is 4.80. The summed E-state index contributed by atoms with van der Waals surface area (Å²) in [6.07, 6.45) is -3.67. The molecule has 0 heterocycles. The van der Waals surface area contributed by atoms with Crippen molar-refractivity contribution in [1.82, 2.24) is 0 Å². The van der Waals surface area contributed by atoms with E-state index in [9.17, 15) is 0 Å². The van der Waals surface area contributed by atoms with Gasteiger partial charge >= 0.3 is 113 Å². The van der Waals surface area contributed by atoms with Gasteiger partial charge in [-0.15, -0.1) is 0 Å². The van der Waals surface area contributed by atoms with E-state index in [0.29, 0.717) is 0 Å². The van der Waals surface area contributed by atoms with Gasteiger partial charge < -0.3 is 20.4 Å². The van der Waals surface area contributed by atoms with Gasteiger partial charge in [0.25, 0.3) is 0 Å². The molecule has 0 bridgehead atoms. The maximum atomic E-state index is 8.56. The molecular weight excluding hydrogens is 296 g/mol. The van der Waals surface area contributed by atoms with Gasteiger partial charge in [-0.3, -0.25) is 0 Å². The van der Waals surface area contributed by atoms with Crippen LogP contribution >= 0.6 is 0 Å². The summed E-state index contributed by atoms with van der Waals surface area (Å²) in [7, 11) is 0. The molecule has 6 nitrogen and oxygen atoms in total. The van der Waals surface area contributed by atoms with Crippen LogP contribution in [0.3, 0.4) is 0 Å². The van der Waals surface area contributed by atoms with Crippen LogP contribution < -0.4 is 0 Å². The van der Waals surface area contributed by atoms with Gasteiger partial charge in [-0.1, -0.05) is 0 Å². The first-order valence-electron chi connectivity index (χ1n) is 1.30. The zero-order chi connectivity index (χ0) is 7.15. The van der Waals surface area contributed by atoms with Gasteiger partial charge in [0.2, 0.25) is 0 Å². The summed E-state index contributed by atoms with van der Waals surface area (Å²) in [4.78, 5) is 17.1. The van der Waals surface area contributed by atoms with Crippen LogP contribution in [0.15, 0.2) is 0 Å². The topological polar surface area (TPSA) is 115 Å². The summed E-state index contributed by atoms with van der Waals surface area (Å²) < 4.78 is 0. The van der Waals surface area contributed by atoms with E-state index in [4.69, 9.17) is 30.0 Å². The van der Waals surface area contributed by atoms with Crippen LogP contribution in [0.2, 0.25) is 0 Å². The zero-order valence-electron chi connectivity index (χ0n) is 3.61. The van der Waals surface area contributed by atoms with Crippen molar-refractivity contribution in [2.45, 2.75) is 0 Å². The molecule has 0 saturated carbocycles. The number of carboxylic acid groups (broad SMARTS) is 4. The number of hydrogen-bond donors (Lipinski definition) is 4. The molecule has 0 radical (unpaired) electrons. The summed E-state index contributed by atoms with van der Waals surface area (Å²) in [5, 5.41) is 27.9. The first-order chi connectivity index (χ1) is 3.46. The third kappa shape index (κ3) is 244. The van der Waals surface area contributed by atoms with Crippen molar-refractivity contribution in [2.24, 2.45) is 0 Å². The summed E-state index contributed by atoms with van der Waals surface area (Å²) in [6, 6.07) is 0. The molecule has 0 aliphatic rings. The van der Waals surface area contributed by atoms with Crippen molar-refractivity contribution in [3.8, 4) is 0 Å². The number of hydrogen-bond acceptors (Lipinski definition) is 2. The van der Waals surface area contributed by atoms with Gasteiger partial charge in [0, 0.05) is 0 Å². The Balaban J connectivity index is -0.0000000300. The van der Waals surface area contributed by atoms with Gasteiger partial charge in [-0.25, -0.2) is 9.59 Å². The van der Waals surface area contributed by atoms with Crippen molar-refractivity contribution in [3.05, 3.63) is 0 Å². The van der Waals surface area contributed by atoms with E-state index in [1.807, 2.05) is 0 Å². The van der Waals surface area contributed by atoms with Crippen molar-refractivity contribution < 1.29 is 30.0 Å². The average molecular weight is 303 g/mol. The molecule has 4 N–H and O–H groups in total. The molecule has 0 aliphatic carbocycles. The molecule has 0 aliphatic heterocycles. The summed E-state index contributed by atoms with van der Waals surface area (Å²) >= 11 is 0. The Hall–Kier alpha value is 1.75. The number of rotatable bonds is 0. The predicted octanol–water partition coefficient (Wildman–Crippen LogP) is -1.12. The first-order valence-corrected chi connectivity index (χ1v) is 1.30. The van der Waals surface area contributed by atoms with Crippen LogP contribution in [-0.4, -0.2) is 133 Å². The maximum absolute atomic E-state index is 8.56. The summed E-state index contributed by atoms with van der Waals surface area (Å²) in [5.74, 6) is 0. The standard InChI is InChI=1S/2CH2O3.Ba.K.3H/c2*2-1(3)4;;;;;/h2*(H2,2,3,4);;;;;. The fourth-order valence-electron chi connectivity index (χ4n) is 0. The Labute approximate surface area is 139 Å². The van der Waals surface area contributed by atoms with Gasteiger partial charge in [-0.2, -0.15) is 0 Å².